The molecule has 0 bridgehead atoms. The lowest BCUT2D eigenvalue weighted by molar-refractivity contribution is -0.146. The van der Waals surface area contributed by atoms with Crippen molar-refractivity contribution in [3.05, 3.63) is 0 Å². The molecule has 4 heteroatoms. The molecule has 0 fully saturated rings. The van der Waals surface area contributed by atoms with Gasteiger partial charge in [0.25, 0.3) is 5.78 Å². The van der Waals surface area contributed by atoms with Crippen LogP contribution in [-0.4, -0.2) is 23.1 Å². The standard InChI is InChI=1S/C8H10O4/c1-4(5(2)9)7(11)8(12)6(3)10/h4H,1-3H3. The second-order valence-electron chi connectivity index (χ2n) is 2.58. The third-order valence-electron chi connectivity index (χ3n) is 1.55. The topological polar surface area (TPSA) is 68.3 Å². The van der Waals surface area contributed by atoms with Gasteiger partial charge in [0.2, 0.25) is 11.6 Å². The van der Waals surface area contributed by atoms with Crippen LogP contribution in [0, 0.1) is 5.92 Å². The first-order chi connectivity index (χ1) is 5.37. The van der Waals surface area contributed by atoms with E-state index < -0.39 is 29.1 Å². The molecule has 12 heavy (non-hydrogen) atoms. The molecule has 0 rings (SSSR count). The minimum atomic E-state index is -1.10. The van der Waals surface area contributed by atoms with Gasteiger partial charge in [0.15, 0.2) is 0 Å². The van der Waals surface area contributed by atoms with Gasteiger partial charge in [-0.15, -0.1) is 0 Å². The van der Waals surface area contributed by atoms with E-state index in [1.54, 1.807) is 0 Å². The Hall–Kier alpha value is -1.32. The zero-order chi connectivity index (χ0) is 9.89. The van der Waals surface area contributed by atoms with E-state index in [0.29, 0.717) is 0 Å². The molecule has 0 amide bonds. The fraction of sp³-hybridized carbons (Fsp3) is 0.500. The van der Waals surface area contributed by atoms with E-state index in [4.69, 9.17) is 0 Å². The second kappa shape index (κ2) is 3.90. The van der Waals surface area contributed by atoms with Crippen LogP contribution in [0.4, 0.5) is 0 Å². The van der Waals surface area contributed by atoms with Gasteiger partial charge in [-0.05, 0) is 13.8 Å². The molecular formula is C8H10O4. The van der Waals surface area contributed by atoms with Crippen molar-refractivity contribution in [3.8, 4) is 0 Å². The zero-order valence-electron chi connectivity index (χ0n) is 7.21. The van der Waals surface area contributed by atoms with E-state index in [1.807, 2.05) is 0 Å². The molecule has 66 valence electrons. The van der Waals surface area contributed by atoms with Crippen molar-refractivity contribution < 1.29 is 19.2 Å². The predicted molar refractivity (Wildman–Crippen MR) is 40.5 cm³/mol. The highest BCUT2D eigenvalue weighted by Crippen LogP contribution is 1.99. The SMILES string of the molecule is CC(=O)C(=O)C(=O)C(C)C(C)=O. The van der Waals surface area contributed by atoms with Crippen molar-refractivity contribution in [1.82, 2.24) is 0 Å². The van der Waals surface area contributed by atoms with Crippen molar-refractivity contribution in [1.29, 1.82) is 0 Å². The Bertz CT molecular complexity index is 252. The Morgan fingerprint density at radius 2 is 1.42 bits per heavy atom. The Morgan fingerprint density at radius 3 is 1.67 bits per heavy atom. The summed E-state index contributed by atoms with van der Waals surface area (Å²) in [5.41, 5.74) is 0. The summed E-state index contributed by atoms with van der Waals surface area (Å²) < 4.78 is 0. The van der Waals surface area contributed by atoms with Gasteiger partial charge in [-0.2, -0.15) is 0 Å². The van der Waals surface area contributed by atoms with Crippen LogP contribution in [0.3, 0.4) is 0 Å². The van der Waals surface area contributed by atoms with Crippen molar-refractivity contribution in [2.24, 2.45) is 5.92 Å². The van der Waals surface area contributed by atoms with E-state index >= 15 is 0 Å². The fourth-order valence-corrected chi connectivity index (χ4v) is 0.555. The van der Waals surface area contributed by atoms with Gasteiger partial charge in [0, 0.05) is 6.92 Å². The quantitative estimate of drug-likeness (QED) is 0.437. The summed E-state index contributed by atoms with van der Waals surface area (Å²) in [5.74, 6) is -4.25. The van der Waals surface area contributed by atoms with E-state index in [1.165, 1.54) is 13.8 Å². The number of ketones is 4. The highest BCUT2D eigenvalue weighted by atomic mass is 16.2. The number of carbonyl (C=O) groups excluding carboxylic acids is 4. The first-order valence-electron chi connectivity index (χ1n) is 3.47. The molecule has 0 aliphatic heterocycles. The summed E-state index contributed by atoms with van der Waals surface area (Å²) in [5, 5.41) is 0. The van der Waals surface area contributed by atoms with Gasteiger partial charge >= 0.3 is 0 Å². The molecule has 0 aliphatic carbocycles. The van der Waals surface area contributed by atoms with Gasteiger partial charge in [0.05, 0.1) is 5.92 Å². The zero-order valence-corrected chi connectivity index (χ0v) is 7.21. The van der Waals surface area contributed by atoms with E-state index in [9.17, 15) is 19.2 Å². The molecule has 0 spiro atoms. The molecule has 0 heterocycles. The number of hydrogen-bond donors (Lipinski definition) is 0. The average Bonchev–Trinajstić information content (AvgIpc) is 2.00. The first kappa shape index (κ1) is 10.7. The molecule has 1 unspecified atom stereocenters. The highest BCUT2D eigenvalue weighted by Gasteiger charge is 2.27. The third-order valence-corrected chi connectivity index (χ3v) is 1.55. The van der Waals surface area contributed by atoms with Gasteiger partial charge < -0.3 is 0 Å². The molecule has 0 aromatic carbocycles. The number of hydrogen-bond acceptors (Lipinski definition) is 4. The van der Waals surface area contributed by atoms with Gasteiger partial charge in [0.1, 0.15) is 5.78 Å². The number of carbonyl (C=O) groups is 4. The fourth-order valence-electron chi connectivity index (χ4n) is 0.555. The monoisotopic (exact) mass is 170 g/mol. The predicted octanol–water partition coefficient (Wildman–Crippen LogP) is -0.0613. The molecule has 0 N–H and O–H groups in total. The van der Waals surface area contributed by atoms with Crippen molar-refractivity contribution in [3.63, 3.8) is 0 Å². The lowest BCUT2D eigenvalue weighted by Crippen LogP contribution is -2.30. The van der Waals surface area contributed by atoms with Crippen LogP contribution in [0.2, 0.25) is 0 Å². The molecule has 4 nitrogen and oxygen atoms in total. The Balaban J connectivity index is 4.51. The van der Waals surface area contributed by atoms with Crippen LogP contribution in [-0.2, 0) is 19.2 Å². The van der Waals surface area contributed by atoms with Crippen LogP contribution < -0.4 is 0 Å². The largest absolute Gasteiger partial charge is 0.299 e. The number of rotatable bonds is 4. The summed E-state index contributed by atoms with van der Waals surface area (Å²) in [6.45, 7) is 3.52. The maximum absolute atomic E-state index is 10.9. The molecule has 0 aromatic heterocycles. The number of Topliss-reactive ketones (excluding diaryl/α,β-unsaturated/α-hetero) is 4. The maximum atomic E-state index is 10.9. The van der Waals surface area contributed by atoms with Crippen molar-refractivity contribution >= 4 is 23.1 Å². The summed E-state index contributed by atoms with van der Waals surface area (Å²) in [6.07, 6.45) is 0. The van der Waals surface area contributed by atoms with E-state index in [0.717, 1.165) is 6.92 Å². The summed E-state index contributed by atoms with van der Waals surface area (Å²) in [7, 11) is 0. The molecule has 0 aliphatic rings. The maximum Gasteiger partial charge on any atom is 0.264 e. The summed E-state index contributed by atoms with van der Waals surface area (Å²) >= 11 is 0. The summed E-state index contributed by atoms with van der Waals surface area (Å²) in [4.78, 5) is 42.7. The summed E-state index contributed by atoms with van der Waals surface area (Å²) in [6, 6.07) is 0. The van der Waals surface area contributed by atoms with E-state index in [-0.39, 0.29) is 0 Å². The van der Waals surface area contributed by atoms with Gasteiger partial charge in [-0.3, -0.25) is 19.2 Å². The van der Waals surface area contributed by atoms with Crippen LogP contribution in [0.15, 0.2) is 0 Å². The third kappa shape index (κ3) is 2.38. The van der Waals surface area contributed by atoms with Crippen LogP contribution in [0.1, 0.15) is 20.8 Å². The molecule has 0 saturated carbocycles. The van der Waals surface area contributed by atoms with Gasteiger partial charge in [-0.1, -0.05) is 0 Å². The molecule has 0 saturated heterocycles. The lowest BCUT2D eigenvalue weighted by atomic mass is 9.98. The molecule has 1 atom stereocenters. The minimum Gasteiger partial charge on any atom is -0.299 e. The molecule has 0 aromatic rings. The van der Waals surface area contributed by atoms with Crippen LogP contribution in [0.25, 0.3) is 0 Å². The van der Waals surface area contributed by atoms with Crippen molar-refractivity contribution in [2.45, 2.75) is 20.8 Å². The first-order valence-corrected chi connectivity index (χ1v) is 3.47. The van der Waals surface area contributed by atoms with Crippen LogP contribution >= 0.6 is 0 Å². The second-order valence-corrected chi connectivity index (χ2v) is 2.58. The van der Waals surface area contributed by atoms with Crippen molar-refractivity contribution in [2.75, 3.05) is 0 Å². The Labute approximate surface area is 69.9 Å². The minimum absolute atomic E-state index is 0.408. The van der Waals surface area contributed by atoms with E-state index in [2.05, 4.69) is 0 Å². The van der Waals surface area contributed by atoms with Crippen LogP contribution in [0.5, 0.6) is 0 Å². The Morgan fingerprint density at radius 1 is 1.00 bits per heavy atom. The normalized spacial score (nSPS) is 11.9. The average molecular weight is 170 g/mol. The van der Waals surface area contributed by atoms with Gasteiger partial charge in [-0.25, -0.2) is 0 Å². The smallest absolute Gasteiger partial charge is 0.264 e. The lowest BCUT2D eigenvalue weighted by Gasteiger charge is -2.01. The highest BCUT2D eigenvalue weighted by molar-refractivity contribution is 6.64. The Kier molecular flexibility index (Phi) is 3.47. The molecule has 0 radical (unpaired) electrons. The molecular weight excluding hydrogens is 160 g/mol.